The van der Waals surface area contributed by atoms with Crippen LogP contribution in [0.15, 0.2) is 140 Å². The fourth-order valence-electron chi connectivity index (χ4n) is 7.69. The second-order valence-electron chi connectivity index (χ2n) is 12.0. The Morgan fingerprint density at radius 2 is 1.02 bits per heavy atom. The summed E-state index contributed by atoms with van der Waals surface area (Å²) in [6.07, 6.45) is 0. The number of thiophene rings is 1. The van der Waals surface area contributed by atoms with Crippen LogP contribution in [0.3, 0.4) is 0 Å². The third-order valence-corrected chi connectivity index (χ3v) is 10.7. The molecule has 14 bridgehead atoms. The Morgan fingerprint density at radius 3 is 1.73 bits per heavy atom. The van der Waals surface area contributed by atoms with Crippen LogP contribution in [0.5, 0.6) is 0 Å². The quantitative estimate of drug-likeness (QED) is 0.172. The number of benzene rings is 6. The predicted octanol–water partition coefficient (Wildman–Crippen LogP) is 11.4. The van der Waals surface area contributed by atoms with Crippen molar-refractivity contribution in [3.8, 4) is 0 Å². The molecule has 12 rings (SSSR count). The third-order valence-electron chi connectivity index (χ3n) is 9.62. The molecule has 0 aliphatic rings. The largest absolute Gasteiger partial charge is 0.309 e. The number of hydrogen-bond acceptors (Lipinski definition) is 2. The fraction of sp³-hybridized carbons (Fsp3) is 0. The maximum absolute atomic E-state index is 5.30. The average molecular weight is 590 g/mol. The molecule has 45 heavy (non-hydrogen) atoms. The van der Waals surface area contributed by atoms with E-state index in [1.54, 1.807) is 0 Å². The first-order valence-corrected chi connectivity index (χ1v) is 16.1. The van der Waals surface area contributed by atoms with E-state index < -0.39 is 0 Å². The predicted molar refractivity (Wildman–Crippen MR) is 193 cm³/mol. The normalized spacial score (nSPS) is 12.4. The van der Waals surface area contributed by atoms with Crippen LogP contribution in [0.4, 0.5) is 0 Å². The van der Waals surface area contributed by atoms with Gasteiger partial charge in [-0.15, -0.1) is 11.3 Å². The molecule has 0 fully saturated rings. The summed E-state index contributed by atoms with van der Waals surface area (Å²) in [7, 11) is 0. The number of nitrogens with zero attached hydrogens (tertiary/aromatic N) is 3. The number of fused-ring (bicyclic) bond motifs is 3. The van der Waals surface area contributed by atoms with Gasteiger partial charge < -0.3 is 8.80 Å². The summed E-state index contributed by atoms with van der Waals surface area (Å²) in [5.74, 6) is 0. The highest BCUT2D eigenvalue weighted by molar-refractivity contribution is 7.25. The van der Waals surface area contributed by atoms with Gasteiger partial charge in [0.15, 0.2) is 0 Å². The molecule has 4 heteroatoms. The summed E-state index contributed by atoms with van der Waals surface area (Å²) in [6.45, 7) is 0. The Hall–Kier alpha value is -5.71. The number of hydrogen-bond donors (Lipinski definition) is 0. The maximum Gasteiger partial charge on any atom is 0.0896 e. The topological polar surface area (TPSA) is 21.7 Å². The molecular formula is C41H23N3S. The molecule has 0 amide bonds. The van der Waals surface area contributed by atoms with Crippen molar-refractivity contribution in [2.75, 3.05) is 0 Å². The highest BCUT2D eigenvalue weighted by atomic mass is 32.1. The van der Waals surface area contributed by atoms with Crippen LogP contribution in [0, 0.1) is 0 Å². The minimum atomic E-state index is 0.990. The van der Waals surface area contributed by atoms with Gasteiger partial charge in [0.05, 0.1) is 37.8 Å². The molecular weight excluding hydrogens is 567 g/mol. The summed E-state index contributed by atoms with van der Waals surface area (Å²) >= 11 is 1.81. The van der Waals surface area contributed by atoms with Crippen LogP contribution >= 0.6 is 11.3 Å². The molecule has 208 valence electrons. The summed E-state index contributed by atoms with van der Waals surface area (Å²) < 4.78 is 7.34. The highest BCUT2D eigenvalue weighted by Gasteiger charge is 2.17. The standard InChI is InChI=1S/C41H23N3S/c1-3-13-33-29(11-1)39-35-17-18-36-40(39)30-12-2-4-14-34(30)44(36)28-10-6-8-26(22-28)32-16-20-38-41(42-32)31-23-25(15-19-37(31)45-38)24-7-5-9-27(21-24)43(33)35/h1-23H. The Bertz CT molecular complexity index is 2890. The van der Waals surface area contributed by atoms with Gasteiger partial charge in [0.1, 0.15) is 0 Å². The van der Waals surface area contributed by atoms with E-state index in [0.29, 0.717) is 0 Å². The van der Waals surface area contributed by atoms with Crippen LogP contribution in [0.25, 0.3) is 96.6 Å². The Balaban J connectivity index is 1.50. The zero-order valence-electron chi connectivity index (χ0n) is 24.0. The first-order valence-electron chi connectivity index (χ1n) is 15.3. The van der Waals surface area contributed by atoms with Gasteiger partial charge >= 0.3 is 0 Å². The summed E-state index contributed by atoms with van der Waals surface area (Å²) in [5, 5.41) is 9.81. The van der Waals surface area contributed by atoms with E-state index in [1.165, 1.54) is 69.2 Å². The van der Waals surface area contributed by atoms with E-state index >= 15 is 0 Å². The van der Waals surface area contributed by atoms with Crippen molar-refractivity contribution in [2.45, 2.75) is 0 Å². The maximum atomic E-state index is 5.30. The zero-order chi connectivity index (χ0) is 29.2. The summed E-state index contributed by atoms with van der Waals surface area (Å²) in [4.78, 5) is 5.30. The van der Waals surface area contributed by atoms with Crippen LogP contribution in [0.2, 0.25) is 0 Å². The van der Waals surface area contributed by atoms with Crippen LogP contribution in [0.1, 0.15) is 0 Å². The van der Waals surface area contributed by atoms with E-state index in [1.807, 2.05) is 11.3 Å². The fourth-order valence-corrected chi connectivity index (χ4v) is 8.71. The molecule has 6 aromatic carbocycles. The zero-order valence-corrected chi connectivity index (χ0v) is 24.8. The minimum Gasteiger partial charge on any atom is -0.309 e. The van der Waals surface area contributed by atoms with Gasteiger partial charge in [-0.05, 0) is 83.6 Å². The molecule has 3 nitrogen and oxygen atoms in total. The van der Waals surface area contributed by atoms with E-state index in [4.69, 9.17) is 4.98 Å². The van der Waals surface area contributed by atoms with Crippen molar-refractivity contribution in [3.63, 3.8) is 0 Å². The number of pyridine rings is 1. The van der Waals surface area contributed by atoms with Crippen molar-refractivity contribution in [3.05, 3.63) is 140 Å². The van der Waals surface area contributed by atoms with Crippen molar-refractivity contribution in [1.82, 2.24) is 13.8 Å². The molecule has 0 radical (unpaired) electrons. The molecule has 0 aliphatic heterocycles. The second-order valence-corrected chi connectivity index (χ2v) is 13.1. The van der Waals surface area contributed by atoms with E-state index in [0.717, 1.165) is 27.5 Å². The Kier molecular flexibility index (Phi) is 4.46. The molecule has 0 aliphatic carbocycles. The molecule has 0 atom stereocenters. The SMILES string of the molecule is c1ccc2c(c1)c1c3c4ccccc4n4c5cccc(c5)c5ccc6sc7ccc(cc7c6n5)c5cccc(c5)n2c1ccc34. The number of para-hydroxylation sites is 2. The van der Waals surface area contributed by atoms with Crippen LogP contribution in [-0.2, 0) is 0 Å². The second kappa shape index (κ2) is 8.47. The highest BCUT2D eigenvalue weighted by Crippen LogP contribution is 2.41. The molecule has 12 aromatic rings. The molecule has 6 heterocycles. The minimum absolute atomic E-state index is 0.990. The number of aromatic nitrogens is 3. The van der Waals surface area contributed by atoms with E-state index in [2.05, 4.69) is 148 Å². The number of rotatable bonds is 0. The van der Waals surface area contributed by atoms with E-state index in [9.17, 15) is 0 Å². The van der Waals surface area contributed by atoms with Gasteiger partial charge in [-0.2, -0.15) is 0 Å². The van der Waals surface area contributed by atoms with Gasteiger partial charge in [-0.25, -0.2) is 4.98 Å². The monoisotopic (exact) mass is 589 g/mol. The summed E-state index contributed by atoms with van der Waals surface area (Å²) in [5.41, 5.74) is 9.19. The molecule has 0 unspecified atom stereocenters. The average Bonchev–Trinajstić information content (AvgIpc) is 3.75. The van der Waals surface area contributed by atoms with Gasteiger partial charge in [0.2, 0.25) is 0 Å². The van der Waals surface area contributed by atoms with E-state index in [-0.39, 0.29) is 0 Å². The van der Waals surface area contributed by atoms with Crippen molar-refractivity contribution in [1.29, 1.82) is 0 Å². The van der Waals surface area contributed by atoms with Crippen LogP contribution in [-0.4, -0.2) is 13.8 Å². The first-order chi connectivity index (χ1) is 22.3. The smallest absolute Gasteiger partial charge is 0.0896 e. The third kappa shape index (κ3) is 3.11. The van der Waals surface area contributed by atoms with Crippen LogP contribution < -0.4 is 0 Å². The molecule has 0 N–H and O–H groups in total. The molecule has 0 saturated heterocycles. The first kappa shape index (κ1) is 23.7. The van der Waals surface area contributed by atoms with Crippen molar-refractivity contribution in [2.24, 2.45) is 0 Å². The van der Waals surface area contributed by atoms with Gasteiger partial charge in [0, 0.05) is 48.1 Å². The summed E-state index contributed by atoms with van der Waals surface area (Å²) in [6, 6.07) is 51.4. The molecule has 0 saturated carbocycles. The van der Waals surface area contributed by atoms with Crippen molar-refractivity contribution >= 4 is 108 Å². The lowest BCUT2D eigenvalue weighted by atomic mass is 10.1. The molecule has 0 spiro atoms. The lowest BCUT2D eigenvalue weighted by molar-refractivity contribution is 1.32. The van der Waals surface area contributed by atoms with Crippen molar-refractivity contribution < 1.29 is 0 Å². The van der Waals surface area contributed by atoms with Gasteiger partial charge in [-0.3, -0.25) is 0 Å². The Morgan fingerprint density at radius 1 is 0.422 bits per heavy atom. The lowest BCUT2D eigenvalue weighted by Crippen LogP contribution is -1.86. The van der Waals surface area contributed by atoms with Gasteiger partial charge in [-0.1, -0.05) is 66.7 Å². The van der Waals surface area contributed by atoms with Gasteiger partial charge in [0.25, 0.3) is 0 Å². The Labute approximate surface area is 260 Å². The lowest BCUT2D eigenvalue weighted by Gasteiger charge is -2.04. The molecule has 6 aromatic heterocycles.